The van der Waals surface area contributed by atoms with Crippen molar-refractivity contribution in [1.82, 2.24) is 0 Å². The summed E-state index contributed by atoms with van der Waals surface area (Å²) in [5, 5.41) is 0. The van der Waals surface area contributed by atoms with Gasteiger partial charge in [0.2, 0.25) is 0 Å². The number of ether oxygens (including phenoxy) is 1. The van der Waals surface area contributed by atoms with E-state index in [1.54, 1.807) is 12.1 Å². The molecule has 0 aromatic heterocycles. The average Bonchev–Trinajstić information content (AvgIpc) is 2.40. The first-order chi connectivity index (χ1) is 8.81. The van der Waals surface area contributed by atoms with Crippen molar-refractivity contribution in [2.75, 3.05) is 13.2 Å². The largest absolute Gasteiger partial charge is 0.494 e. The Morgan fingerprint density at radius 1 is 1.06 bits per heavy atom. The fourth-order valence-corrected chi connectivity index (χ4v) is 1.72. The molecule has 2 N–H and O–H groups in total. The Labute approximate surface area is 106 Å². The molecule has 0 amide bonds. The Balaban J connectivity index is 2.19. The maximum Gasteiger partial charge on any atom is 0.131 e. The molecule has 2 aromatic carbocycles. The summed E-state index contributed by atoms with van der Waals surface area (Å²) in [5.41, 5.74) is 6.81. The number of benzene rings is 2. The Bertz CT molecular complexity index is 513. The molecular weight excluding hydrogens is 229 g/mol. The van der Waals surface area contributed by atoms with Crippen LogP contribution in [0.5, 0.6) is 5.75 Å². The molecular formula is C15H16FNO. The van der Waals surface area contributed by atoms with Crippen molar-refractivity contribution in [2.45, 2.75) is 6.42 Å². The van der Waals surface area contributed by atoms with Crippen molar-refractivity contribution in [2.24, 2.45) is 5.73 Å². The summed E-state index contributed by atoms with van der Waals surface area (Å²) >= 11 is 0. The van der Waals surface area contributed by atoms with Gasteiger partial charge in [0, 0.05) is 5.56 Å². The summed E-state index contributed by atoms with van der Waals surface area (Å²) in [6.45, 7) is 1.18. The summed E-state index contributed by atoms with van der Waals surface area (Å²) in [6.07, 6.45) is 0.809. The fraction of sp³-hybridized carbons (Fsp3) is 0.200. The zero-order valence-corrected chi connectivity index (χ0v) is 10.1. The van der Waals surface area contributed by atoms with Gasteiger partial charge in [-0.3, -0.25) is 0 Å². The predicted octanol–water partition coefficient (Wildman–Crippen LogP) is 3.22. The van der Waals surface area contributed by atoms with Gasteiger partial charge in [-0.15, -0.1) is 0 Å². The van der Waals surface area contributed by atoms with Gasteiger partial charge in [-0.25, -0.2) is 4.39 Å². The van der Waals surface area contributed by atoms with Crippen LogP contribution in [0.4, 0.5) is 4.39 Å². The second kappa shape index (κ2) is 6.17. The molecule has 0 bridgehead atoms. The summed E-state index contributed by atoms with van der Waals surface area (Å²) < 4.78 is 19.2. The molecule has 0 atom stereocenters. The van der Waals surface area contributed by atoms with Crippen molar-refractivity contribution in [3.8, 4) is 16.9 Å². The van der Waals surface area contributed by atoms with Crippen LogP contribution >= 0.6 is 0 Å². The van der Waals surface area contributed by atoms with Gasteiger partial charge >= 0.3 is 0 Å². The van der Waals surface area contributed by atoms with Crippen LogP contribution in [0.3, 0.4) is 0 Å². The van der Waals surface area contributed by atoms with E-state index in [-0.39, 0.29) is 5.82 Å². The molecule has 0 aliphatic heterocycles. The molecule has 0 saturated heterocycles. The van der Waals surface area contributed by atoms with Gasteiger partial charge in [0.25, 0.3) is 0 Å². The van der Waals surface area contributed by atoms with Crippen LogP contribution in [-0.2, 0) is 0 Å². The molecule has 0 heterocycles. The maximum absolute atomic E-state index is 13.7. The highest BCUT2D eigenvalue weighted by molar-refractivity contribution is 5.65. The highest BCUT2D eigenvalue weighted by atomic mass is 19.1. The van der Waals surface area contributed by atoms with Crippen LogP contribution in [0, 0.1) is 5.82 Å². The third-order valence-electron chi connectivity index (χ3n) is 2.64. The fourth-order valence-electron chi connectivity index (χ4n) is 1.72. The number of hydrogen-bond acceptors (Lipinski definition) is 2. The van der Waals surface area contributed by atoms with Gasteiger partial charge in [0.15, 0.2) is 0 Å². The van der Waals surface area contributed by atoms with Gasteiger partial charge in [-0.05, 0) is 36.7 Å². The van der Waals surface area contributed by atoms with Gasteiger partial charge in [-0.1, -0.05) is 30.3 Å². The van der Waals surface area contributed by atoms with Crippen LogP contribution in [0.25, 0.3) is 11.1 Å². The van der Waals surface area contributed by atoms with Crippen molar-refractivity contribution >= 4 is 0 Å². The summed E-state index contributed by atoms with van der Waals surface area (Å²) in [5.74, 6) is 0.515. The summed E-state index contributed by atoms with van der Waals surface area (Å²) in [7, 11) is 0. The van der Waals surface area contributed by atoms with Crippen LogP contribution in [-0.4, -0.2) is 13.2 Å². The molecule has 0 radical (unpaired) electrons. The van der Waals surface area contributed by atoms with Crippen LogP contribution < -0.4 is 10.5 Å². The SMILES string of the molecule is NCCCOc1cccc(-c2ccccc2F)c1. The van der Waals surface area contributed by atoms with Gasteiger partial charge in [0.05, 0.1) is 6.61 Å². The molecule has 18 heavy (non-hydrogen) atoms. The Hall–Kier alpha value is -1.87. The lowest BCUT2D eigenvalue weighted by molar-refractivity contribution is 0.313. The van der Waals surface area contributed by atoms with E-state index in [2.05, 4.69) is 0 Å². The summed E-state index contributed by atoms with van der Waals surface area (Å²) in [6, 6.07) is 14.1. The minimum absolute atomic E-state index is 0.225. The molecule has 94 valence electrons. The third-order valence-corrected chi connectivity index (χ3v) is 2.64. The second-order valence-electron chi connectivity index (χ2n) is 4.00. The number of nitrogens with two attached hydrogens (primary N) is 1. The van der Waals surface area contributed by atoms with E-state index >= 15 is 0 Å². The van der Waals surface area contributed by atoms with Crippen molar-refractivity contribution < 1.29 is 9.13 Å². The van der Waals surface area contributed by atoms with E-state index in [9.17, 15) is 4.39 Å². The minimum atomic E-state index is -0.225. The molecule has 0 saturated carbocycles. The molecule has 0 fully saturated rings. The third kappa shape index (κ3) is 3.08. The van der Waals surface area contributed by atoms with Crippen molar-refractivity contribution in [3.05, 3.63) is 54.3 Å². The molecule has 0 aliphatic carbocycles. The van der Waals surface area contributed by atoms with E-state index in [1.165, 1.54) is 6.07 Å². The normalized spacial score (nSPS) is 10.3. The molecule has 0 spiro atoms. The molecule has 2 aromatic rings. The van der Waals surface area contributed by atoms with Crippen molar-refractivity contribution in [3.63, 3.8) is 0 Å². The lowest BCUT2D eigenvalue weighted by Crippen LogP contribution is -2.06. The van der Waals surface area contributed by atoms with Gasteiger partial charge in [0.1, 0.15) is 11.6 Å². The number of rotatable bonds is 5. The Morgan fingerprint density at radius 3 is 2.67 bits per heavy atom. The molecule has 2 rings (SSSR count). The standard InChI is InChI=1S/C15H16FNO/c16-15-8-2-1-7-14(15)12-5-3-6-13(11-12)18-10-4-9-17/h1-3,5-8,11H,4,9-10,17H2. The maximum atomic E-state index is 13.7. The van der Waals surface area contributed by atoms with E-state index in [1.807, 2.05) is 30.3 Å². The van der Waals surface area contributed by atoms with E-state index < -0.39 is 0 Å². The minimum Gasteiger partial charge on any atom is -0.494 e. The molecule has 0 unspecified atom stereocenters. The zero-order chi connectivity index (χ0) is 12.8. The molecule has 2 nitrogen and oxygen atoms in total. The lowest BCUT2D eigenvalue weighted by Gasteiger charge is -2.08. The van der Waals surface area contributed by atoms with Crippen LogP contribution in [0.1, 0.15) is 6.42 Å². The highest BCUT2D eigenvalue weighted by Gasteiger charge is 2.04. The molecule has 0 aliphatic rings. The Kier molecular flexibility index (Phi) is 4.31. The number of halogens is 1. The Morgan fingerprint density at radius 2 is 1.89 bits per heavy atom. The van der Waals surface area contributed by atoms with Gasteiger partial charge < -0.3 is 10.5 Å². The monoisotopic (exact) mass is 245 g/mol. The van der Waals surface area contributed by atoms with Crippen LogP contribution in [0.2, 0.25) is 0 Å². The first kappa shape index (κ1) is 12.6. The quantitative estimate of drug-likeness (QED) is 0.821. The highest BCUT2D eigenvalue weighted by Crippen LogP contribution is 2.26. The van der Waals surface area contributed by atoms with Gasteiger partial charge in [-0.2, -0.15) is 0 Å². The smallest absolute Gasteiger partial charge is 0.131 e. The van der Waals surface area contributed by atoms with E-state index in [4.69, 9.17) is 10.5 Å². The second-order valence-corrected chi connectivity index (χ2v) is 4.00. The van der Waals surface area contributed by atoms with Crippen LogP contribution in [0.15, 0.2) is 48.5 Å². The van der Waals surface area contributed by atoms with E-state index in [0.717, 1.165) is 17.7 Å². The van der Waals surface area contributed by atoms with Crippen molar-refractivity contribution in [1.29, 1.82) is 0 Å². The van der Waals surface area contributed by atoms with E-state index in [0.29, 0.717) is 18.7 Å². The first-order valence-electron chi connectivity index (χ1n) is 5.99. The average molecular weight is 245 g/mol. The first-order valence-corrected chi connectivity index (χ1v) is 5.99. The lowest BCUT2D eigenvalue weighted by atomic mass is 10.1. The summed E-state index contributed by atoms with van der Waals surface area (Å²) in [4.78, 5) is 0. The number of hydrogen-bond donors (Lipinski definition) is 1. The predicted molar refractivity (Wildman–Crippen MR) is 71.0 cm³/mol. The zero-order valence-electron chi connectivity index (χ0n) is 10.1. The molecule has 3 heteroatoms. The topological polar surface area (TPSA) is 35.2 Å².